The zero-order valence-electron chi connectivity index (χ0n) is 11.5. The number of nitrogens with zero attached hydrogens (tertiary/aromatic N) is 1. The Labute approximate surface area is 107 Å². The summed E-state index contributed by atoms with van der Waals surface area (Å²) in [4.78, 5) is 24.0. The third-order valence-electron chi connectivity index (χ3n) is 2.91. The van der Waals surface area contributed by atoms with Gasteiger partial charge in [0.05, 0.1) is 12.1 Å². The maximum absolute atomic E-state index is 11.1. The van der Waals surface area contributed by atoms with Crippen molar-refractivity contribution in [1.29, 1.82) is 0 Å². The molecule has 6 heteroatoms. The fraction of sp³-hybridized carbons (Fsp3) is 0.833. The van der Waals surface area contributed by atoms with Gasteiger partial charge in [0.1, 0.15) is 6.10 Å². The maximum Gasteiger partial charge on any atom is 0.304 e. The quantitative estimate of drug-likeness (QED) is 0.689. The number of hydrogen-bond acceptors (Lipinski definition) is 6. The van der Waals surface area contributed by atoms with Crippen LogP contribution < -0.4 is 0 Å². The number of hydrogen-bond donors (Lipinski definition) is 0. The number of ether oxygens (including phenoxy) is 3. The van der Waals surface area contributed by atoms with Gasteiger partial charge < -0.3 is 19.1 Å². The lowest BCUT2D eigenvalue weighted by Gasteiger charge is -2.41. The summed E-state index contributed by atoms with van der Waals surface area (Å²) in [6.45, 7) is 4.52. The lowest BCUT2D eigenvalue weighted by Crippen LogP contribution is -2.55. The molecule has 6 nitrogen and oxygen atoms in total. The van der Waals surface area contributed by atoms with Crippen LogP contribution in [0.15, 0.2) is 0 Å². The van der Waals surface area contributed by atoms with E-state index in [1.165, 1.54) is 13.8 Å². The minimum Gasteiger partial charge on any atom is -0.458 e. The van der Waals surface area contributed by atoms with Crippen LogP contribution >= 0.6 is 0 Å². The topological polar surface area (TPSA) is 65.1 Å². The van der Waals surface area contributed by atoms with E-state index in [1.807, 2.05) is 19.0 Å². The number of carbonyl (C=O) groups is 2. The molecule has 18 heavy (non-hydrogen) atoms. The van der Waals surface area contributed by atoms with Crippen molar-refractivity contribution in [3.8, 4) is 0 Å². The molecular weight excluding hydrogens is 238 g/mol. The Hall–Kier alpha value is -1.14. The Morgan fingerprint density at radius 3 is 2.17 bits per heavy atom. The van der Waals surface area contributed by atoms with E-state index < -0.39 is 6.29 Å². The van der Waals surface area contributed by atoms with Crippen LogP contribution in [-0.4, -0.2) is 55.5 Å². The monoisotopic (exact) mass is 259 g/mol. The van der Waals surface area contributed by atoms with Crippen molar-refractivity contribution in [1.82, 2.24) is 4.90 Å². The van der Waals surface area contributed by atoms with Crippen molar-refractivity contribution in [3.63, 3.8) is 0 Å². The fourth-order valence-corrected chi connectivity index (χ4v) is 2.15. The molecule has 0 aromatic rings. The predicted molar refractivity (Wildman–Crippen MR) is 63.7 cm³/mol. The van der Waals surface area contributed by atoms with Crippen LogP contribution in [-0.2, 0) is 23.8 Å². The summed E-state index contributed by atoms with van der Waals surface area (Å²) in [6, 6.07) is -0.0398. The third-order valence-corrected chi connectivity index (χ3v) is 2.91. The van der Waals surface area contributed by atoms with Crippen LogP contribution in [0.4, 0.5) is 0 Å². The molecule has 0 bridgehead atoms. The van der Waals surface area contributed by atoms with Gasteiger partial charge in [-0.05, 0) is 21.0 Å². The van der Waals surface area contributed by atoms with Crippen LogP contribution in [0.2, 0.25) is 0 Å². The lowest BCUT2D eigenvalue weighted by molar-refractivity contribution is -0.236. The normalized spacial score (nSPS) is 32.1. The van der Waals surface area contributed by atoms with E-state index in [1.54, 1.807) is 6.92 Å². The molecule has 0 N–H and O–H groups in total. The highest BCUT2D eigenvalue weighted by Gasteiger charge is 2.40. The molecule has 1 aliphatic heterocycles. The highest BCUT2D eigenvalue weighted by atomic mass is 16.7. The minimum absolute atomic E-state index is 0.0398. The Morgan fingerprint density at radius 1 is 1.17 bits per heavy atom. The van der Waals surface area contributed by atoms with Crippen molar-refractivity contribution < 1.29 is 23.8 Å². The predicted octanol–water partition coefficient (Wildman–Crippen LogP) is 0.546. The molecular formula is C12H21NO5. The molecule has 104 valence electrons. The second-order valence-electron chi connectivity index (χ2n) is 4.72. The highest BCUT2D eigenvalue weighted by Crippen LogP contribution is 2.26. The number of rotatable bonds is 3. The Kier molecular flexibility index (Phi) is 5.10. The van der Waals surface area contributed by atoms with E-state index in [2.05, 4.69) is 0 Å². The van der Waals surface area contributed by atoms with Crippen molar-refractivity contribution in [3.05, 3.63) is 0 Å². The third kappa shape index (κ3) is 3.96. The van der Waals surface area contributed by atoms with Gasteiger partial charge >= 0.3 is 11.9 Å². The second-order valence-corrected chi connectivity index (χ2v) is 4.72. The summed E-state index contributed by atoms with van der Waals surface area (Å²) in [5, 5.41) is 0. The molecule has 1 aliphatic rings. The first-order valence-corrected chi connectivity index (χ1v) is 5.97. The van der Waals surface area contributed by atoms with Crippen molar-refractivity contribution in [2.45, 2.75) is 51.7 Å². The van der Waals surface area contributed by atoms with Gasteiger partial charge in [-0.3, -0.25) is 9.59 Å². The molecule has 0 spiro atoms. The molecule has 0 aromatic heterocycles. The molecule has 0 aromatic carbocycles. The molecule has 4 atom stereocenters. The van der Waals surface area contributed by atoms with Gasteiger partial charge in [-0.1, -0.05) is 0 Å². The van der Waals surface area contributed by atoms with Gasteiger partial charge in [-0.2, -0.15) is 0 Å². The first kappa shape index (κ1) is 14.9. The Balaban J connectivity index is 2.75. The summed E-state index contributed by atoms with van der Waals surface area (Å²) in [6.07, 6.45) is -0.782. The molecule has 0 saturated carbocycles. The van der Waals surface area contributed by atoms with Crippen molar-refractivity contribution in [2.24, 2.45) is 0 Å². The Bertz CT molecular complexity index is 318. The van der Waals surface area contributed by atoms with Crippen LogP contribution in [0.3, 0.4) is 0 Å². The summed E-state index contributed by atoms with van der Waals surface area (Å²) in [7, 11) is 3.79. The first-order valence-electron chi connectivity index (χ1n) is 5.97. The van der Waals surface area contributed by atoms with E-state index in [4.69, 9.17) is 14.2 Å². The van der Waals surface area contributed by atoms with E-state index in [9.17, 15) is 9.59 Å². The van der Waals surface area contributed by atoms with Crippen LogP contribution in [0, 0.1) is 0 Å². The SMILES string of the molecule is CC(=O)O[C@@H]1C[C@@H](N(C)C)[C@H](OC(C)=O)[C@@H](C)O1. The average Bonchev–Trinajstić information content (AvgIpc) is 2.19. The lowest BCUT2D eigenvalue weighted by atomic mass is 9.98. The van der Waals surface area contributed by atoms with Crippen molar-refractivity contribution in [2.75, 3.05) is 14.1 Å². The van der Waals surface area contributed by atoms with Crippen LogP contribution in [0.25, 0.3) is 0 Å². The zero-order valence-corrected chi connectivity index (χ0v) is 11.5. The van der Waals surface area contributed by atoms with Gasteiger partial charge in [0.2, 0.25) is 6.29 Å². The number of carbonyl (C=O) groups excluding carboxylic acids is 2. The molecule has 1 heterocycles. The number of likely N-dealkylation sites (N-methyl/N-ethyl adjacent to an activating group) is 1. The summed E-state index contributed by atoms with van der Waals surface area (Å²) >= 11 is 0. The van der Waals surface area contributed by atoms with Gasteiger partial charge in [0, 0.05) is 20.3 Å². The fourth-order valence-electron chi connectivity index (χ4n) is 2.15. The molecule has 0 amide bonds. The van der Waals surface area contributed by atoms with Crippen molar-refractivity contribution >= 4 is 11.9 Å². The zero-order chi connectivity index (χ0) is 13.9. The second kappa shape index (κ2) is 6.15. The maximum atomic E-state index is 11.1. The molecule has 1 saturated heterocycles. The standard InChI is InChI=1S/C12H21NO5/c1-7-12(18-9(3)15)10(13(4)5)6-11(16-7)17-8(2)14/h7,10-12H,6H2,1-5H3/t7-,10-,11-,12-/m1/s1. The smallest absolute Gasteiger partial charge is 0.304 e. The van der Waals surface area contributed by atoms with Gasteiger partial charge in [0.15, 0.2) is 0 Å². The van der Waals surface area contributed by atoms with Gasteiger partial charge in [-0.25, -0.2) is 0 Å². The summed E-state index contributed by atoms with van der Waals surface area (Å²) < 4.78 is 15.9. The summed E-state index contributed by atoms with van der Waals surface area (Å²) in [5.74, 6) is -0.719. The largest absolute Gasteiger partial charge is 0.458 e. The van der Waals surface area contributed by atoms with Crippen LogP contribution in [0.5, 0.6) is 0 Å². The summed E-state index contributed by atoms with van der Waals surface area (Å²) in [5.41, 5.74) is 0. The Morgan fingerprint density at radius 2 is 1.72 bits per heavy atom. The molecule has 0 radical (unpaired) electrons. The van der Waals surface area contributed by atoms with Crippen LogP contribution in [0.1, 0.15) is 27.2 Å². The highest BCUT2D eigenvalue weighted by molar-refractivity contribution is 5.66. The molecule has 1 rings (SSSR count). The van der Waals surface area contributed by atoms with Gasteiger partial charge in [0.25, 0.3) is 0 Å². The van der Waals surface area contributed by atoms with E-state index in [0.29, 0.717) is 6.42 Å². The average molecular weight is 259 g/mol. The number of esters is 2. The van der Waals surface area contributed by atoms with Gasteiger partial charge in [-0.15, -0.1) is 0 Å². The van der Waals surface area contributed by atoms with E-state index in [0.717, 1.165) is 0 Å². The minimum atomic E-state index is -0.586. The van der Waals surface area contributed by atoms with E-state index in [-0.39, 0.29) is 30.2 Å². The van der Waals surface area contributed by atoms with E-state index >= 15 is 0 Å². The molecule has 0 aliphatic carbocycles. The first-order chi connectivity index (χ1) is 8.31. The molecule has 1 fully saturated rings. The molecule has 0 unspecified atom stereocenters.